The van der Waals surface area contributed by atoms with Gasteiger partial charge in [-0.3, -0.25) is 4.79 Å². The molecule has 0 aromatic rings. The van der Waals surface area contributed by atoms with E-state index in [2.05, 4.69) is 22.2 Å². The van der Waals surface area contributed by atoms with E-state index >= 15 is 0 Å². The van der Waals surface area contributed by atoms with Crippen LogP contribution in [0, 0.1) is 11.3 Å². The first-order valence-corrected chi connectivity index (χ1v) is 8.37. The standard InChI is InChI=1S/C16H29N3O.ClH/c1-18-10-12-19(13-11-18)15(20)14-2-4-16(5-3-14)6-8-17-9-7-16;/h14,17H,2-13H2,1H3;1H. The average Bonchev–Trinajstić information content (AvgIpc) is 2.49. The Morgan fingerprint density at radius 2 is 1.57 bits per heavy atom. The van der Waals surface area contributed by atoms with Crippen LogP contribution < -0.4 is 5.32 Å². The Balaban J connectivity index is 0.00000161. The number of piperazine rings is 1. The van der Waals surface area contributed by atoms with Crippen molar-refractivity contribution in [3.05, 3.63) is 0 Å². The van der Waals surface area contributed by atoms with E-state index in [9.17, 15) is 4.79 Å². The zero-order chi connectivity index (χ0) is 14.0. The number of piperidine rings is 1. The van der Waals surface area contributed by atoms with Gasteiger partial charge in [0.15, 0.2) is 0 Å². The van der Waals surface area contributed by atoms with Crippen LogP contribution in [0.15, 0.2) is 0 Å². The molecule has 3 aliphatic rings. The highest BCUT2D eigenvalue weighted by Gasteiger charge is 2.39. The maximum absolute atomic E-state index is 12.6. The molecular weight excluding hydrogens is 286 g/mol. The zero-order valence-corrected chi connectivity index (χ0v) is 14.1. The molecule has 2 saturated heterocycles. The number of hydrogen-bond acceptors (Lipinski definition) is 3. The molecular formula is C16H30ClN3O. The average molecular weight is 316 g/mol. The molecule has 0 aromatic carbocycles. The number of likely N-dealkylation sites (N-methyl/N-ethyl adjacent to an activating group) is 1. The summed E-state index contributed by atoms with van der Waals surface area (Å²) in [5.41, 5.74) is 0.574. The Hall–Kier alpha value is -0.320. The summed E-state index contributed by atoms with van der Waals surface area (Å²) in [6.07, 6.45) is 7.46. The number of rotatable bonds is 1. The molecule has 21 heavy (non-hydrogen) atoms. The Morgan fingerprint density at radius 1 is 1.00 bits per heavy atom. The number of amides is 1. The molecule has 1 amide bonds. The molecule has 1 spiro atoms. The van der Waals surface area contributed by atoms with Crippen LogP contribution in [-0.2, 0) is 4.79 Å². The molecule has 0 atom stereocenters. The van der Waals surface area contributed by atoms with Gasteiger partial charge in [-0.25, -0.2) is 0 Å². The fourth-order valence-electron chi connectivity index (χ4n) is 4.22. The number of carbonyl (C=O) groups is 1. The smallest absolute Gasteiger partial charge is 0.225 e. The van der Waals surface area contributed by atoms with Crippen LogP contribution in [0.4, 0.5) is 0 Å². The van der Waals surface area contributed by atoms with Gasteiger partial charge in [0.05, 0.1) is 0 Å². The van der Waals surface area contributed by atoms with Crippen LogP contribution >= 0.6 is 12.4 Å². The van der Waals surface area contributed by atoms with Crippen molar-refractivity contribution >= 4 is 18.3 Å². The second-order valence-corrected chi connectivity index (χ2v) is 7.15. The quantitative estimate of drug-likeness (QED) is 0.800. The largest absolute Gasteiger partial charge is 0.340 e. The molecule has 5 heteroatoms. The topological polar surface area (TPSA) is 35.6 Å². The van der Waals surface area contributed by atoms with Crippen molar-refractivity contribution in [2.75, 3.05) is 46.3 Å². The van der Waals surface area contributed by atoms with Crippen molar-refractivity contribution < 1.29 is 4.79 Å². The van der Waals surface area contributed by atoms with Crippen molar-refractivity contribution in [3.8, 4) is 0 Å². The second-order valence-electron chi connectivity index (χ2n) is 7.15. The molecule has 0 bridgehead atoms. The predicted octanol–water partition coefficient (Wildman–Crippen LogP) is 1.74. The molecule has 1 aliphatic carbocycles. The van der Waals surface area contributed by atoms with Crippen LogP contribution in [-0.4, -0.2) is 62.0 Å². The highest BCUT2D eigenvalue weighted by Crippen LogP contribution is 2.45. The Bertz CT molecular complexity index is 339. The van der Waals surface area contributed by atoms with Gasteiger partial charge in [0.25, 0.3) is 0 Å². The van der Waals surface area contributed by atoms with Gasteiger partial charge in [0.1, 0.15) is 0 Å². The van der Waals surface area contributed by atoms with Crippen molar-refractivity contribution in [3.63, 3.8) is 0 Å². The van der Waals surface area contributed by atoms with E-state index in [1.165, 1.54) is 38.8 Å². The number of carbonyl (C=O) groups excluding carboxylic acids is 1. The first-order chi connectivity index (χ1) is 9.69. The minimum atomic E-state index is 0. The summed E-state index contributed by atoms with van der Waals surface area (Å²) in [5.74, 6) is 0.765. The van der Waals surface area contributed by atoms with Crippen LogP contribution in [0.1, 0.15) is 38.5 Å². The van der Waals surface area contributed by atoms with Crippen molar-refractivity contribution in [2.45, 2.75) is 38.5 Å². The molecule has 122 valence electrons. The fraction of sp³-hybridized carbons (Fsp3) is 0.938. The maximum Gasteiger partial charge on any atom is 0.225 e. The summed E-state index contributed by atoms with van der Waals surface area (Å²) in [4.78, 5) is 17.1. The van der Waals surface area contributed by atoms with Gasteiger partial charge in [0.2, 0.25) is 5.91 Å². The molecule has 2 aliphatic heterocycles. The lowest BCUT2D eigenvalue weighted by molar-refractivity contribution is -0.139. The first-order valence-electron chi connectivity index (χ1n) is 8.37. The summed E-state index contributed by atoms with van der Waals surface area (Å²) in [6, 6.07) is 0. The number of hydrogen-bond donors (Lipinski definition) is 1. The van der Waals surface area contributed by atoms with Gasteiger partial charge in [-0.1, -0.05) is 0 Å². The molecule has 3 fully saturated rings. The van der Waals surface area contributed by atoms with E-state index < -0.39 is 0 Å². The van der Waals surface area contributed by atoms with Crippen molar-refractivity contribution in [1.29, 1.82) is 0 Å². The zero-order valence-electron chi connectivity index (χ0n) is 13.3. The van der Waals surface area contributed by atoms with Gasteiger partial charge in [0, 0.05) is 32.1 Å². The van der Waals surface area contributed by atoms with Gasteiger partial charge in [-0.15, -0.1) is 12.4 Å². The Labute approximate surface area is 135 Å². The maximum atomic E-state index is 12.6. The molecule has 1 saturated carbocycles. The Morgan fingerprint density at radius 3 is 2.14 bits per heavy atom. The van der Waals surface area contributed by atoms with Crippen molar-refractivity contribution in [2.24, 2.45) is 11.3 Å². The monoisotopic (exact) mass is 315 g/mol. The van der Waals surface area contributed by atoms with E-state index in [0.29, 0.717) is 17.2 Å². The number of halogens is 1. The molecule has 2 heterocycles. The number of nitrogens with one attached hydrogen (secondary N) is 1. The third-order valence-electron chi connectivity index (χ3n) is 5.87. The molecule has 4 nitrogen and oxygen atoms in total. The summed E-state index contributed by atoms with van der Waals surface area (Å²) in [6.45, 7) is 6.29. The van der Waals surface area contributed by atoms with E-state index in [4.69, 9.17) is 0 Å². The molecule has 0 radical (unpaired) electrons. The third-order valence-corrected chi connectivity index (χ3v) is 5.87. The van der Waals surface area contributed by atoms with Gasteiger partial charge in [-0.05, 0) is 64.1 Å². The molecule has 3 rings (SSSR count). The Kier molecular flexibility index (Phi) is 5.92. The normalized spacial score (nSPS) is 27.4. The predicted molar refractivity (Wildman–Crippen MR) is 87.8 cm³/mol. The lowest BCUT2D eigenvalue weighted by atomic mass is 9.65. The van der Waals surface area contributed by atoms with E-state index in [0.717, 1.165) is 39.0 Å². The lowest BCUT2D eigenvalue weighted by Gasteiger charge is -2.44. The molecule has 0 unspecified atom stereocenters. The van der Waals surface area contributed by atoms with Crippen LogP contribution in [0.2, 0.25) is 0 Å². The van der Waals surface area contributed by atoms with Gasteiger partial charge >= 0.3 is 0 Å². The minimum absolute atomic E-state index is 0. The molecule has 1 N–H and O–H groups in total. The van der Waals surface area contributed by atoms with Crippen LogP contribution in [0.5, 0.6) is 0 Å². The third kappa shape index (κ3) is 3.91. The lowest BCUT2D eigenvalue weighted by Crippen LogP contribution is -2.50. The van der Waals surface area contributed by atoms with E-state index in [-0.39, 0.29) is 12.4 Å². The van der Waals surface area contributed by atoms with E-state index in [1.54, 1.807) is 0 Å². The summed E-state index contributed by atoms with van der Waals surface area (Å²) in [5, 5.41) is 3.47. The first kappa shape index (κ1) is 17.0. The fourth-order valence-corrected chi connectivity index (χ4v) is 4.22. The SMILES string of the molecule is CN1CCN(C(=O)C2CCC3(CCNCC3)CC2)CC1.Cl. The van der Waals surface area contributed by atoms with Gasteiger partial charge in [-0.2, -0.15) is 0 Å². The van der Waals surface area contributed by atoms with Gasteiger partial charge < -0.3 is 15.1 Å². The van der Waals surface area contributed by atoms with Crippen LogP contribution in [0.25, 0.3) is 0 Å². The van der Waals surface area contributed by atoms with Crippen LogP contribution in [0.3, 0.4) is 0 Å². The molecule has 0 aromatic heterocycles. The highest BCUT2D eigenvalue weighted by atomic mass is 35.5. The van der Waals surface area contributed by atoms with Crippen molar-refractivity contribution in [1.82, 2.24) is 15.1 Å². The highest BCUT2D eigenvalue weighted by molar-refractivity contribution is 5.85. The number of nitrogens with zero attached hydrogens (tertiary/aromatic N) is 2. The summed E-state index contributed by atoms with van der Waals surface area (Å²) >= 11 is 0. The minimum Gasteiger partial charge on any atom is -0.340 e. The van der Waals surface area contributed by atoms with E-state index in [1.807, 2.05) is 0 Å². The summed E-state index contributed by atoms with van der Waals surface area (Å²) < 4.78 is 0. The second kappa shape index (κ2) is 7.30. The summed E-state index contributed by atoms with van der Waals surface area (Å²) in [7, 11) is 2.14.